The molecule has 21 heavy (non-hydrogen) atoms. The molecule has 116 valence electrons. The summed E-state index contributed by atoms with van der Waals surface area (Å²) in [4.78, 5) is 11.4. The van der Waals surface area contributed by atoms with Crippen molar-refractivity contribution in [3.8, 4) is 0 Å². The number of hydrogen-bond acceptors (Lipinski definition) is 3. The fourth-order valence-electron chi connectivity index (χ4n) is 1.53. The van der Waals surface area contributed by atoms with E-state index in [9.17, 15) is 4.79 Å². The summed E-state index contributed by atoms with van der Waals surface area (Å²) >= 11 is 5.82. The van der Waals surface area contributed by atoms with E-state index in [-0.39, 0.29) is 0 Å². The molecule has 1 amide bonds. The third-order valence-electron chi connectivity index (χ3n) is 2.43. The summed E-state index contributed by atoms with van der Waals surface area (Å²) in [5.74, 6) is 0. The van der Waals surface area contributed by atoms with Crippen LogP contribution in [0.25, 0.3) is 0 Å². The normalized spacial score (nSPS) is 11.6. The minimum absolute atomic E-state index is 0.402. The summed E-state index contributed by atoms with van der Waals surface area (Å²) in [5, 5.41) is 6.68. The van der Waals surface area contributed by atoms with Crippen molar-refractivity contribution in [1.82, 2.24) is 10.6 Å². The maximum atomic E-state index is 11.4. The lowest BCUT2D eigenvalue weighted by Crippen LogP contribution is -2.32. The molecule has 0 bridgehead atoms. The average Bonchev–Trinajstić information content (AvgIpc) is 2.37. The van der Waals surface area contributed by atoms with Crippen LogP contribution < -0.4 is 10.6 Å². The molecule has 0 atom stereocenters. The molecule has 0 saturated carbocycles. The number of halogens is 1. The number of amides is 1. The fourth-order valence-corrected chi connectivity index (χ4v) is 1.65. The third kappa shape index (κ3) is 9.10. The Bertz CT molecular complexity index is 464. The van der Waals surface area contributed by atoms with E-state index in [0.717, 1.165) is 18.1 Å². The quantitative estimate of drug-likeness (QED) is 0.624. The Labute approximate surface area is 131 Å². The first kappa shape index (κ1) is 17.5. The molecule has 0 radical (unpaired) electrons. The van der Waals surface area contributed by atoms with Crippen LogP contribution in [0.4, 0.5) is 4.79 Å². The van der Waals surface area contributed by atoms with Crippen molar-refractivity contribution < 1.29 is 9.53 Å². The van der Waals surface area contributed by atoms with Crippen molar-refractivity contribution in [2.24, 2.45) is 0 Å². The van der Waals surface area contributed by atoms with Gasteiger partial charge in [-0.2, -0.15) is 0 Å². The zero-order valence-corrected chi connectivity index (χ0v) is 13.5. The molecule has 0 aliphatic heterocycles. The Hall–Kier alpha value is -1.52. The minimum Gasteiger partial charge on any atom is -0.444 e. The van der Waals surface area contributed by atoms with E-state index in [0.29, 0.717) is 6.54 Å². The Morgan fingerprint density at radius 1 is 1.19 bits per heavy atom. The van der Waals surface area contributed by atoms with Gasteiger partial charge in [-0.25, -0.2) is 4.79 Å². The molecular formula is C16H23ClN2O2. The number of nitrogens with one attached hydrogen (secondary N) is 2. The Morgan fingerprint density at radius 2 is 1.81 bits per heavy atom. The molecule has 0 fully saturated rings. The number of benzene rings is 1. The van der Waals surface area contributed by atoms with Crippen molar-refractivity contribution in [3.05, 3.63) is 47.0 Å². The van der Waals surface area contributed by atoms with Gasteiger partial charge in [0.1, 0.15) is 5.60 Å². The topological polar surface area (TPSA) is 50.4 Å². The van der Waals surface area contributed by atoms with Crippen molar-refractivity contribution in [1.29, 1.82) is 0 Å². The summed E-state index contributed by atoms with van der Waals surface area (Å²) in [6.07, 6.45) is 3.45. The molecule has 0 aliphatic carbocycles. The van der Waals surface area contributed by atoms with Crippen LogP contribution in [0.2, 0.25) is 5.02 Å². The van der Waals surface area contributed by atoms with Crippen molar-refractivity contribution in [2.45, 2.75) is 32.9 Å². The highest BCUT2D eigenvalue weighted by atomic mass is 35.5. The van der Waals surface area contributed by atoms with Crippen LogP contribution in [0, 0.1) is 0 Å². The Morgan fingerprint density at radius 3 is 2.43 bits per heavy atom. The maximum absolute atomic E-state index is 11.4. The zero-order valence-electron chi connectivity index (χ0n) is 12.8. The van der Waals surface area contributed by atoms with E-state index >= 15 is 0 Å². The molecule has 1 aromatic rings. The van der Waals surface area contributed by atoms with Crippen LogP contribution in [-0.4, -0.2) is 24.8 Å². The molecule has 0 aromatic heterocycles. The monoisotopic (exact) mass is 310 g/mol. The van der Waals surface area contributed by atoms with Gasteiger partial charge >= 0.3 is 6.09 Å². The van der Waals surface area contributed by atoms with Crippen LogP contribution in [0.3, 0.4) is 0 Å². The SMILES string of the molecule is CC(C)(C)OC(=O)NC/C=C/CNCc1ccc(Cl)cc1. The molecule has 0 unspecified atom stereocenters. The molecule has 0 saturated heterocycles. The van der Waals surface area contributed by atoms with Gasteiger partial charge in [0.25, 0.3) is 0 Å². The van der Waals surface area contributed by atoms with Gasteiger partial charge in [0.15, 0.2) is 0 Å². The first-order valence-corrected chi connectivity index (χ1v) is 7.31. The smallest absolute Gasteiger partial charge is 0.407 e. The van der Waals surface area contributed by atoms with E-state index in [4.69, 9.17) is 16.3 Å². The molecule has 1 rings (SSSR count). The summed E-state index contributed by atoms with van der Waals surface area (Å²) in [6.45, 7) is 7.48. The van der Waals surface area contributed by atoms with Gasteiger partial charge in [-0.15, -0.1) is 0 Å². The molecule has 0 heterocycles. The average molecular weight is 311 g/mol. The summed E-state index contributed by atoms with van der Waals surface area (Å²) in [7, 11) is 0. The predicted octanol–water partition coefficient (Wildman–Crippen LogP) is 3.51. The van der Waals surface area contributed by atoms with Crippen LogP contribution in [-0.2, 0) is 11.3 Å². The third-order valence-corrected chi connectivity index (χ3v) is 2.69. The van der Waals surface area contributed by atoms with Crippen LogP contribution in [0.1, 0.15) is 26.3 Å². The van der Waals surface area contributed by atoms with Crippen molar-refractivity contribution in [2.75, 3.05) is 13.1 Å². The number of alkyl carbamates (subject to hydrolysis) is 1. The highest BCUT2D eigenvalue weighted by molar-refractivity contribution is 6.30. The first-order valence-electron chi connectivity index (χ1n) is 6.94. The second-order valence-corrected chi connectivity index (χ2v) is 6.05. The standard InChI is InChI=1S/C16H23ClN2O2/c1-16(2,3)21-15(20)19-11-5-4-10-18-12-13-6-8-14(17)9-7-13/h4-9,18H,10-12H2,1-3H3,(H,19,20)/b5-4+. The van der Waals surface area contributed by atoms with Gasteiger partial charge in [0.2, 0.25) is 0 Å². The van der Waals surface area contributed by atoms with E-state index in [1.807, 2.05) is 57.2 Å². The highest BCUT2D eigenvalue weighted by Crippen LogP contribution is 2.09. The number of carbonyl (C=O) groups is 1. The Kier molecular flexibility index (Phi) is 7.26. The van der Waals surface area contributed by atoms with Gasteiger partial charge < -0.3 is 15.4 Å². The summed E-state index contributed by atoms with van der Waals surface area (Å²) in [6, 6.07) is 7.73. The molecule has 5 heteroatoms. The van der Waals surface area contributed by atoms with Gasteiger partial charge in [0, 0.05) is 24.7 Å². The van der Waals surface area contributed by atoms with E-state index in [1.165, 1.54) is 5.56 Å². The van der Waals surface area contributed by atoms with E-state index in [1.54, 1.807) is 0 Å². The van der Waals surface area contributed by atoms with Gasteiger partial charge in [-0.1, -0.05) is 35.9 Å². The maximum Gasteiger partial charge on any atom is 0.407 e. The predicted molar refractivity (Wildman–Crippen MR) is 86.5 cm³/mol. The zero-order chi connectivity index (χ0) is 15.7. The lowest BCUT2D eigenvalue weighted by Gasteiger charge is -2.19. The van der Waals surface area contributed by atoms with E-state index < -0.39 is 11.7 Å². The second-order valence-electron chi connectivity index (χ2n) is 5.61. The molecule has 4 nitrogen and oxygen atoms in total. The molecular weight excluding hydrogens is 288 g/mol. The van der Waals surface area contributed by atoms with Gasteiger partial charge in [-0.3, -0.25) is 0 Å². The van der Waals surface area contributed by atoms with Gasteiger partial charge in [-0.05, 0) is 38.5 Å². The Balaban J connectivity index is 2.10. The molecule has 0 aliphatic rings. The minimum atomic E-state index is -0.464. The van der Waals surface area contributed by atoms with Gasteiger partial charge in [0.05, 0.1) is 0 Å². The highest BCUT2D eigenvalue weighted by Gasteiger charge is 2.14. The van der Waals surface area contributed by atoms with Crippen LogP contribution >= 0.6 is 11.6 Å². The number of ether oxygens (including phenoxy) is 1. The largest absolute Gasteiger partial charge is 0.444 e. The van der Waals surface area contributed by atoms with Crippen molar-refractivity contribution >= 4 is 17.7 Å². The molecule has 0 spiro atoms. The number of hydrogen-bond donors (Lipinski definition) is 2. The molecule has 1 aromatic carbocycles. The summed E-state index contributed by atoms with van der Waals surface area (Å²) < 4.78 is 5.12. The number of rotatable bonds is 6. The van der Waals surface area contributed by atoms with Crippen LogP contribution in [0.15, 0.2) is 36.4 Å². The first-order chi connectivity index (χ1) is 9.87. The van der Waals surface area contributed by atoms with Crippen LogP contribution in [0.5, 0.6) is 0 Å². The second kappa shape index (κ2) is 8.70. The van der Waals surface area contributed by atoms with E-state index in [2.05, 4.69) is 10.6 Å². The summed E-state index contributed by atoms with van der Waals surface area (Å²) in [5.41, 5.74) is 0.716. The molecule has 2 N–H and O–H groups in total. The fraction of sp³-hybridized carbons (Fsp3) is 0.438. The van der Waals surface area contributed by atoms with Crippen molar-refractivity contribution in [3.63, 3.8) is 0 Å². The lowest BCUT2D eigenvalue weighted by atomic mass is 10.2. The lowest BCUT2D eigenvalue weighted by molar-refractivity contribution is 0.0534. The number of carbonyl (C=O) groups excluding carboxylic acids is 1.